The Bertz CT molecular complexity index is 1330. The molecule has 41 heavy (non-hydrogen) atoms. The molecule has 0 unspecified atom stereocenters. The number of pyridine rings is 1. The van der Waals surface area contributed by atoms with Crippen LogP contribution in [0.2, 0.25) is 0 Å². The molecule has 3 aromatic rings. The Morgan fingerprint density at radius 2 is 1.66 bits per heavy atom. The van der Waals surface area contributed by atoms with Gasteiger partial charge in [-0.1, -0.05) is 6.92 Å². The zero-order valence-electron chi connectivity index (χ0n) is 23.0. The summed E-state index contributed by atoms with van der Waals surface area (Å²) in [6.45, 7) is 5.03. The average Bonchev–Trinajstić information content (AvgIpc) is 3.33. The molecule has 0 N–H and O–H groups in total. The first kappa shape index (κ1) is 31.6. The number of ether oxygens (including phenoxy) is 4. The van der Waals surface area contributed by atoms with Crippen molar-refractivity contribution in [2.75, 3.05) is 26.9 Å². The molecule has 0 spiro atoms. The molecule has 0 aliphatic carbocycles. The largest absolute Gasteiger partial charge is 0.476 e. The third-order valence-corrected chi connectivity index (χ3v) is 5.56. The average molecular weight is 589 g/mol. The van der Waals surface area contributed by atoms with Crippen LogP contribution >= 0.6 is 0 Å². The predicted octanol–water partition coefficient (Wildman–Crippen LogP) is 4.64. The van der Waals surface area contributed by atoms with Gasteiger partial charge in [-0.15, -0.1) is 5.10 Å². The Morgan fingerprint density at radius 3 is 2.24 bits per heavy atom. The van der Waals surface area contributed by atoms with Crippen molar-refractivity contribution < 1.29 is 45.7 Å². The van der Waals surface area contributed by atoms with Crippen LogP contribution in [0.5, 0.6) is 11.9 Å². The first-order chi connectivity index (χ1) is 19.2. The summed E-state index contributed by atoms with van der Waals surface area (Å²) in [6.07, 6.45) is -0.741. The first-order valence-corrected chi connectivity index (χ1v) is 12.3. The second-order valence-corrected chi connectivity index (χ2v) is 9.54. The molecule has 16 heteroatoms. The lowest BCUT2D eigenvalue weighted by molar-refractivity contribution is -0.290. The number of hydrogen-bond donors (Lipinski definition) is 0. The van der Waals surface area contributed by atoms with Gasteiger partial charge in [-0.25, -0.2) is 15.0 Å². The Labute approximate surface area is 232 Å². The number of carbonyl (C=O) groups is 1. The summed E-state index contributed by atoms with van der Waals surface area (Å²) in [5.41, 5.74) is 1.12. The molecular weight excluding hydrogens is 559 g/mol. The van der Waals surface area contributed by atoms with Crippen LogP contribution in [0.3, 0.4) is 0 Å². The van der Waals surface area contributed by atoms with E-state index in [0.29, 0.717) is 23.4 Å². The molecule has 3 heterocycles. The Kier molecular flexibility index (Phi) is 9.78. The topological polar surface area (TPSA) is 123 Å². The monoisotopic (exact) mass is 588 g/mol. The maximum Gasteiger partial charge on any atom is 0.456 e. The third-order valence-electron chi connectivity index (χ3n) is 5.56. The van der Waals surface area contributed by atoms with Crippen LogP contribution in [-0.2, 0) is 21.0 Å². The second-order valence-electron chi connectivity index (χ2n) is 9.54. The molecule has 0 radical (unpaired) electrons. The molecule has 0 saturated heterocycles. The van der Waals surface area contributed by atoms with Crippen molar-refractivity contribution >= 4 is 5.97 Å². The maximum absolute atomic E-state index is 13.4. The SMILES string of the molecule is CCCOCn1nc(-c2ncc(-c3cnc(OCC(C)(C)C(=O)OC)cc3C)cn2)nc1OCC(F)(F)C(F)(F)F. The first-order valence-electron chi connectivity index (χ1n) is 12.3. The van der Waals surface area contributed by atoms with Gasteiger partial charge < -0.3 is 18.9 Å². The Balaban J connectivity index is 1.78. The number of rotatable bonds is 13. The summed E-state index contributed by atoms with van der Waals surface area (Å²) < 4.78 is 85.8. The van der Waals surface area contributed by atoms with Gasteiger partial charge in [0, 0.05) is 42.4 Å². The van der Waals surface area contributed by atoms with E-state index in [9.17, 15) is 26.7 Å². The van der Waals surface area contributed by atoms with E-state index in [1.165, 1.54) is 19.5 Å². The van der Waals surface area contributed by atoms with Crippen LogP contribution < -0.4 is 9.47 Å². The van der Waals surface area contributed by atoms with E-state index in [0.717, 1.165) is 10.2 Å². The number of alkyl halides is 5. The van der Waals surface area contributed by atoms with Gasteiger partial charge in [0.2, 0.25) is 11.7 Å². The van der Waals surface area contributed by atoms with Crippen molar-refractivity contribution in [3.63, 3.8) is 0 Å². The number of nitrogens with zero attached hydrogens (tertiary/aromatic N) is 6. The summed E-state index contributed by atoms with van der Waals surface area (Å²) in [5.74, 6) is -5.44. The number of aromatic nitrogens is 6. The summed E-state index contributed by atoms with van der Waals surface area (Å²) in [5, 5.41) is 4.05. The quantitative estimate of drug-likeness (QED) is 0.158. The Hall–Kier alpha value is -3.95. The molecular formula is C25H29F5N6O5. The number of esters is 1. The molecule has 0 saturated carbocycles. The van der Waals surface area contributed by atoms with Crippen molar-refractivity contribution in [2.45, 2.75) is 52.9 Å². The van der Waals surface area contributed by atoms with E-state index in [2.05, 4.69) is 29.8 Å². The second kappa shape index (κ2) is 12.7. The fraction of sp³-hybridized carbons (Fsp3) is 0.520. The van der Waals surface area contributed by atoms with Gasteiger partial charge in [0.1, 0.15) is 13.3 Å². The minimum Gasteiger partial charge on any atom is -0.476 e. The van der Waals surface area contributed by atoms with Crippen molar-refractivity contribution in [2.24, 2.45) is 5.41 Å². The minimum absolute atomic E-state index is 0.0361. The van der Waals surface area contributed by atoms with Crippen LogP contribution in [0.4, 0.5) is 22.0 Å². The van der Waals surface area contributed by atoms with Crippen LogP contribution in [0, 0.1) is 12.3 Å². The summed E-state index contributed by atoms with van der Waals surface area (Å²) >= 11 is 0. The van der Waals surface area contributed by atoms with E-state index in [-0.39, 0.29) is 31.6 Å². The normalized spacial score (nSPS) is 12.3. The van der Waals surface area contributed by atoms with E-state index >= 15 is 0 Å². The summed E-state index contributed by atoms with van der Waals surface area (Å²) in [6, 6.07) is 1.06. The minimum atomic E-state index is -5.80. The lowest BCUT2D eigenvalue weighted by atomic mass is 9.95. The van der Waals surface area contributed by atoms with Gasteiger partial charge >= 0.3 is 24.1 Å². The van der Waals surface area contributed by atoms with Gasteiger partial charge in [0.15, 0.2) is 12.4 Å². The standard InChI is InChI=1S/C25H29F5N6O5/c1-6-7-39-14-36-22(41-13-24(26,27)25(28,29)30)34-20(35-36)19-32-9-16(10-33-19)17-11-31-18(8-15(17)2)40-12-23(3,4)21(37)38-5/h8-11H,6-7,12-14H2,1-5H3. The van der Waals surface area contributed by atoms with Crippen molar-refractivity contribution in [3.05, 3.63) is 30.2 Å². The van der Waals surface area contributed by atoms with Crippen molar-refractivity contribution in [1.82, 2.24) is 29.7 Å². The highest BCUT2D eigenvalue weighted by Gasteiger charge is 2.58. The zero-order valence-corrected chi connectivity index (χ0v) is 23.0. The molecule has 224 valence electrons. The van der Waals surface area contributed by atoms with Crippen molar-refractivity contribution in [1.29, 1.82) is 0 Å². The predicted molar refractivity (Wildman–Crippen MR) is 133 cm³/mol. The van der Waals surface area contributed by atoms with Gasteiger partial charge in [0.05, 0.1) is 12.5 Å². The van der Waals surface area contributed by atoms with Crippen LogP contribution in [0.15, 0.2) is 24.7 Å². The molecule has 0 aliphatic rings. The number of methoxy groups -OCH3 is 1. The summed E-state index contributed by atoms with van der Waals surface area (Å²) in [4.78, 5) is 28.4. The van der Waals surface area contributed by atoms with Crippen molar-refractivity contribution in [3.8, 4) is 34.7 Å². The van der Waals surface area contributed by atoms with Crippen LogP contribution in [0.25, 0.3) is 22.8 Å². The van der Waals surface area contributed by atoms with E-state index in [1.807, 2.05) is 13.8 Å². The fourth-order valence-electron chi connectivity index (χ4n) is 3.23. The van der Waals surface area contributed by atoms with Gasteiger partial charge in [-0.3, -0.25) is 4.79 Å². The third kappa shape index (κ3) is 7.83. The lowest BCUT2D eigenvalue weighted by Gasteiger charge is -2.21. The highest BCUT2D eigenvalue weighted by molar-refractivity contribution is 5.76. The maximum atomic E-state index is 13.4. The number of aryl methyl sites for hydroxylation is 1. The Morgan fingerprint density at radius 1 is 0.976 bits per heavy atom. The van der Waals surface area contributed by atoms with Gasteiger partial charge in [-0.2, -0.15) is 31.6 Å². The molecule has 11 nitrogen and oxygen atoms in total. The van der Waals surface area contributed by atoms with Gasteiger partial charge in [0.25, 0.3) is 0 Å². The molecule has 0 fully saturated rings. The summed E-state index contributed by atoms with van der Waals surface area (Å²) in [7, 11) is 1.30. The number of hydrogen-bond acceptors (Lipinski definition) is 10. The number of halogens is 5. The van der Waals surface area contributed by atoms with Crippen LogP contribution in [-0.4, -0.2) is 74.7 Å². The van der Waals surface area contributed by atoms with E-state index < -0.39 is 36.1 Å². The number of carbonyl (C=O) groups excluding carboxylic acids is 1. The highest BCUT2D eigenvalue weighted by atomic mass is 19.4. The van der Waals surface area contributed by atoms with E-state index in [1.54, 1.807) is 26.1 Å². The zero-order chi connectivity index (χ0) is 30.4. The lowest BCUT2D eigenvalue weighted by Crippen LogP contribution is -2.42. The molecule has 0 bridgehead atoms. The molecule has 0 atom stereocenters. The molecule has 3 aromatic heterocycles. The smallest absolute Gasteiger partial charge is 0.456 e. The highest BCUT2D eigenvalue weighted by Crippen LogP contribution is 2.36. The fourth-order valence-corrected chi connectivity index (χ4v) is 3.23. The van der Waals surface area contributed by atoms with Gasteiger partial charge in [-0.05, 0) is 32.8 Å². The van der Waals surface area contributed by atoms with E-state index in [4.69, 9.17) is 14.2 Å². The molecule has 0 aromatic carbocycles. The molecule has 3 rings (SSSR count). The molecule has 0 amide bonds. The molecule has 0 aliphatic heterocycles. The van der Waals surface area contributed by atoms with Crippen LogP contribution in [0.1, 0.15) is 32.8 Å².